The molecule has 0 radical (unpaired) electrons. The summed E-state index contributed by atoms with van der Waals surface area (Å²) in [5, 5.41) is 8.11. The number of esters is 1. The fraction of sp³-hybridized carbons (Fsp3) is 0.692. The van der Waals surface area contributed by atoms with Gasteiger partial charge in [0.1, 0.15) is 5.54 Å². The van der Waals surface area contributed by atoms with Gasteiger partial charge in [-0.2, -0.15) is 5.10 Å². The van der Waals surface area contributed by atoms with Crippen molar-refractivity contribution in [1.29, 1.82) is 0 Å². The second kappa shape index (κ2) is 6.91. The number of carbonyl (C=O) groups excluding carboxylic acids is 1. The first kappa shape index (κ1) is 16.0. The normalized spacial score (nSPS) is 14.2. The van der Waals surface area contributed by atoms with Gasteiger partial charge in [-0.3, -0.25) is 4.68 Å². The molecule has 19 heavy (non-hydrogen) atoms. The number of ether oxygens (including phenoxy) is 1. The molecule has 0 aliphatic rings. The zero-order valence-corrected chi connectivity index (χ0v) is 12.8. The lowest BCUT2D eigenvalue weighted by atomic mass is 10.0. The summed E-state index contributed by atoms with van der Waals surface area (Å²) in [4.78, 5) is 12.1. The molecule has 0 aliphatic carbocycles. The molecule has 0 aromatic carbocycles. The van der Waals surface area contributed by atoms with E-state index < -0.39 is 5.54 Å². The number of hydrogen-bond acceptors (Lipinski definition) is 4. The van der Waals surface area contributed by atoms with Crippen molar-refractivity contribution in [3.8, 4) is 0 Å². The maximum absolute atomic E-state index is 12.1. The van der Waals surface area contributed by atoms with Crippen LogP contribution in [0, 0.1) is 6.92 Å². The quantitative estimate of drug-likeness (QED) is 0.781. The molecule has 1 aromatic heterocycles. The van der Waals surface area contributed by atoms with Crippen LogP contribution in [0.3, 0.4) is 0 Å². The van der Waals surface area contributed by atoms with Crippen molar-refractivity contribution in [2.45, 2.75) is 46.2 Å². The predicted molar refractivity (Wildman–Crippen MR) is 75.3 cm³/mol. The van der Waals surface area contributed by atoms with E-state index in [9.17, 15) is 4.79 Å². The monoisotopic (exact) mass is 287 g/mol. The largest absolute Gasteiger partial charge is 0.465 e. The van der Waals surface area contributed by atoms with Gasteiger partial charge in [-0.25, -0.2) is 4.79 Å². The van der Waals surface area contributed by atoms with Crippen molar-refractivity contribution in [3.63, 3.8) is 0 Å². The summed E-state index contributed by atoms with van der Waals surface area (Å²) in [6.45, 7) is 9.00. The molecule has 0 aliphatic heterocycles. The predicted octanol–water partition coefficient (Wildman–Crippen LogP) is 2.17. The van der Waals surface area contributed by atoms with Crippen molar-refractivity contribution in [3.05, 3.63) is 16.9 Å². The van der Waals surface area contributed by atoms with E-state index >= 15 is 0 Å². The minimum Gasteiger partial charge on any atom is -0.465 e. The van der Waals surface area contributed by atoms with E-state index in [4.69, 9.17) is 16.3 Å². The lowest BCUT2D eigenvalue weighted by Crippen LogP contribution is -2.53. The number of hydrogen-bond donors (Lipinski definition) is 1. The smallest absolute Gasteiger partial charge is 0.327 e. The zero-order chi connectivity index (χ0) is 14.5. The molecule has 1 unspecified atom stereocenters. The highest BCUT2D eigenvalue weighted by Crippen LogP contribution is 2.16. The molecule has 0 saturated heterocycles. The third-order valence-corrected chi connectivity index (χ3v) is 3.23. The van der Waals surface area contributed by atoms with Crippen LogP contribution in [0.2, 0.25) is 5.02 Å². The Bertz CT molecular complexity index is 414. The highest BCUT2D eigenvalue weighted by atomic mass is 35.5. The number of halogens is 1. The highest BCUT2D eigenvalue weighted by molar-refractivity contribution is 6.31. The molecule has 108 valence electrons. The standard InChI is InChI=1S/C13H22ClN3O2/c1-5-7-15-13(4,12(18)19-6-2)9-17-8-11(14)10(3)16-17/h8,15H,5-7,9H2,1-4H3. The number of carbonyl (C=O) groups is 1. The molecule has 0 bridgehead atoms. The summed E-state index contributed by atoms with van der Waals surface area (Å²) in [7, 11) is 0. The van der Waals surface area contributed by atoms with Crippen molar-refractivity contribution >= 4 is 17.6 Å². The van der Waals surface area contributed by atoms with E-state index in [0.717, 1.165) is 18.7 Å². The summed E-state index contributed by atoms with van der Waals surface area (Å²) in [5.74, 6) is -0.271. The first-order chi connectivity index (χ1) is 8.92. The maximum atomic E-state index is 12.1. The minimum absolute atomic E-state index is 0.271. The fourth-order valence-corrected chi connectivity index (χ4v) is 1.93. The van der Waals surface area contributed by atoms with Crippen LogP contribution in [-0.2, 0) is 16.1 Å². The lowest BCUT2D eigenvalue weighted by molar-refractivity contribution is -0.151. The van der Waals surface area contributed by atoms with Crippen LogP contribution in [0.1, 0.15) is 32.9 Å². The second-order valence-electron chi connectivity index (χ2n) is 4.74. The van der Waals surface area contributed by atoms with E-state index in [1.807, 2.05) is 20.8 Å². The summed E-state index contributed by atoms with van der Waals surface area (Å²) >= 11 is 5.98. The molecule has 5 nitrogen and oxygen atoms in total. The third-order valence-electron chi connectivity index (χ3n) is 2.86. The Balaban J connectivity index is 2.86. The first-order valence-electron chi connectivity index (χ1n) is 6.54. The molecule has 0 fully saturated rings. The Morgan fingerprint density at radius 1 is 1.58 bits per heavy atom. The highest BCUT2D eigenvalue weighted by Gasteiger charge is 2.35. The third kappa shape index (κ3) is 4.21. The molecule has 1 rings (SSSR count). The van der Waals surface area contributed by atoms with Crippen LogP contribution in [0.5, 0.6) is 0 Å². The number of nitrogens with one attached hydrogen (secondary N) is 1. The van der Waals surface area contributed by atoms with Crippen molar-refractivity contribution in [2.75, 3.05) is 13.2 Å². The SMILES string of the molecule is CCCNC(C)(Cn1cc(Cl)c(C)n1)C(=O)OCC. The Hall–Kier alpha value is -1.07. The molecule has 0 spiro atoms. The van der Waals surface area contributed by atoms with Gasteiger partial charge in [0, 0.05) is 6.20 Å². The van der Waals surface area contributed by atoms with Gasteiger partial charge in [0.15, 0.2) is 0 Å². The maximum Gasteiger partial charge on any atom is 0.327 e. The molecule has 1 aromatic rings. The summed E-state index contributed by atoms with van der Waals surface area (Å²) in [6.07, 6.45) is 2.66. The van der Waals surface area contributed by atoms with Gasteiger partial charge in [0.2, 0.25) is 0 Å². The molecule has 0 amide bonds. The van der Waals surface area contributed by atoms with Gasteiger partial charge in [-0.05, 0) is 33.7 Å². The first-order valence-corrected chi connectivity index (χ1v) is 6.92. The van der Waals surface area contributed by atoms with Crippen molar-refractivity contribution in [1.82, 2.24) is 15.1 Å². The lowest BCUT2D eigenvalue weighted by Gasteiger charge is -2.28. The molecular weight excluding hydrogens is 266 g/mol. The van der Waals surface area contributed by atoms with E-state index in [1.54, 1.807) is 17.8 Å². The van der Waals surface area contributed by atoms with Crippen LogP contribution < -0.4 is 5.32 Å². The van der Waals surface area contributed by atoms with E-state index in [-0.39, 0.29) is 5.97 Å². The van der Waals surface area contributed by atoms with Crippen LogP contribution in [0.4, 0.5) is 0 Å². The number of aryl methyl sites for hydroxylation is 1. The molecule has 1 heterocycles. The number of rotatable bonds is 7. The molecule has 6 heteroatoms. The van der Waals surface area contributed by atoms with Crippen molar-refractivity contribution < 1.29 is 9.53 Å². The van der Waals surface area contributed by atoms with Crippen LogP contribution in [0.25, 0.3) is 0 Å². The van der Waals surface area contributed by atoms with Gasteiger partial charge in [0.05, 0.1) is 23.9 Å². The Morgan fingerprint density at radius 3 is 2.74 bits per heavy atom. The molecule has 1 N–H and O–H groups in total. The van der Waals surface area contributed by atoms with Gasteiger partial charge in [0.25, 0.3) is 0 Å². The van der Waals surface area contributed by atoms with Gasteiger partial charge >= 0.3 is 5.97 Å². The van der Waals surface area contributed by atoms with Gasteiger partial charge < -0.3 is 10.1 Å². The fourth-order valence-electron chi connectivity index (χ4n) is 1.78. The second-order valence-corrected chi connectivity index (χ2v) is 5.15. The number of aromatic nitrogens is 2. The number of nitrogens with zero attached hydrogens (tertiary/aromatic N) is 2. The topological polar surface area (TPSA) is 56.2 Å². The Morgan fingerprint density at radius 2 is 2.26 bits per heavy atom. The van der Waals surface area contributed by atoms with Gasteiger partial charge in [-0.1, -0.05) is 18.5 Å². The van der Waals surface area contributed by atoms with E-state index in [0.29, 0.717) is 18.2 Å². The van der Waals surface area contributed by atoms with Crippen LogP contribution in [0.15, 0.2) is 6.20 Å². The van der Waals surface area contributed by atoms with Crippen LogP contribution >= 0.6 is 11.6 Å². The van der Waals surface area contributed by atoms with Crippen molar-refractivity contribution in [2.24, 2.45) is 0 Å². The van der Waals surface area contributed by atoms with E-state index in [2.05, 4.69) is 10.4 Å². The summed E-state index contributed by atoms with van der Waals surface area (Å²) < 4.78 is 6.82. The van der Waals surface area contributed by atoms with Gasteiger partial charge in [-0.15, -0.1) is 0 Å². The summed E-state index contributed by atoms with van der Waals surface area (Å²) in [5.41, 5.74) is -0.0447. The zero-order valence-electron chi connectivity index (χ0n) is 12.0. The molecule has 0 saturated carbocycles. The Labute approximate surface area is 119 Å². The summed E-state index contributed by atoms with van der Waals surface area (Å²) in [6, 6.07) is 0. The minimum atomic E-state index is -0.798. The molecular formula is C13H22ClN3O2. The van der Waals surface area contributed by atoms with E-state index in [1.165, 1.54) is 0 Å². The average Bonchev–Trinajstić information content (AvgIpc) is 2.66. The average molecular weight is 288 g/mol. The van der Waals surface area contributed by atoms with Crippen LogP contribution in [-0.4, -0.2) is 34.4 Å². The molecule has 1 atom stereocenters. The Kier molecular flexibility index (Phi) is 5.82.